The standard InChI is InChI=1S/C28H40N8O2/c1-2-24-28(32-19-9-13-38-14-10-19)34-25-23(16-30-27(29)26(25)33-24)18-15-31-36(17-18)21-7-11-35(12-8-21)20-3-5-22(37)6-4-20/h15-17,19-22,37H,2-14H2,1H3,(H2,29,30)(H,32,34). The second kappa shape index (κ2) is 11.1. The summed E-state index contributed by atoms with van der Waals surface area (Å²) in [6.07, 6.45) is 14.7. The van der Waals surface area contributed by atoms with Gasteiger partial charge in [0, 0.05) is 61.9 Å². The van der Waals surface area contributed by atoms with Gasteiger partial charge in [-0.1, -0.05) is 6.92 Å². The third-order valence-corrected chi connectivity index (χ3v) is 8.66. The number of nitrogen functional groups attached to an aromatic ring is 1. The number of anilines is 2. The molecule has 2 saturated heterocycles. The van der Waals surface area contributed by atoms with Crippen molar-refractivity contribution in [1.29, 1.82) is 0 Å². The number of rotatable bonds is 6. The van der Waals surface area contributed by atoms with Crippen molar-refractivity contribution >= 4 is 22.7 Å². The smallest absolute Gasteiger partial charge is 0.151 e. The number of fused-ring (bicyclic) bond motifs is 1. The number of ether oxygens (including phenoxy) is 1. The van der Waals surface area contributed by atoms with Gasteiger partial charge in [0.05, 0.1) is 24.0 Å². The average molecular weight is 521 g/mol. The fourth-order valence-electron chi connectivity index (χ4n) is 6.32. The number of nitrogens with zero attached hydrogens (tertiary/aromatic N) is 6. The molecule has 1 saturated carbocycles. The lowest BCUT2D eigenvalue weighted by atomic mass is 9.90. The summed E-state index contributed by atoms with van der Waals surface area (Å²) in [5, 5.41) is 18.2. The Labute approximate surface area is 224 Å². The van der Waals surface area contributed by atoms with Crippen molar-refractivity contribution in [2.24, 2.45) is 0 Å². The molecule has 1 aliphatic carbocycles. The second-order valence-corrected chi connectivity index (χ2v) is 11.1. The van der Waals surface area contributed by atoms with E-state index in [1.807, 2.05) is 6.20 Å². The van der Waals surface area contributed by atoms with E-state index in [0.717, 1.165) is 112 Å². The van der Waals surface area contributed by atoms with Gasteiger partial charge in [0.15, 0.2) is 5.82 Å². The molecule has 0 amide bonds. The van der Waals surface area contributed by atoms with Gasteiger partial charge in [-0.2, -0.15) is 5.10 Å². The minimum Gasteiger partial charge on any atom is -0.393 e. The first-order chi connectivity index (χ1) is 18.6. The predicted octanol–water partition coefficient (Wildman–Crippen LogP) is 3.56. The fourth-order valence-corrected chi connectivity index (χ4v) is 6.32. The molecule has 6 rings (SSSR count). The van der Waals surface area contributed by atoms with E-state index in [4.69, 9.17) is 25.5 Å². The summed E-state index contributed by atoms with van der Waals surface area (Å²) < 4.78 is 7.65. The zero-order chi connectivity index (χ0) is 26.1. The molecular weight excluding hydrogens is 480 g/mol. The number of pyridine rings is 1. The summed E-state index contributed by atoms with van der Waals surface area (Å²) in [7, 11) is 0. The number of nitrogens with two attached hydrogens (primary N) is 1. The Bertz CT molecular complexity index is 1240. The van der Waals surface area contributed by atoms with Crippen LogP contribution in [0.5, 0.6) is 0 Å². The van der Waals surface area contributed by atoms with E-state index >= 15 is 0 Å². The highest BCUT2D eigenvalue weighted by molar-refractivity contribution is 5.96. The van der Waals surface area contributed by atoms with Gasteiger partial charge < -0.3 is 25.8 Å². The molecule has 0 radical (unpaired) electrons. The summed E-state index contributed by atoms with van der Waals surface area (Å²) in [6, 6.07) is 1.33. The Balaban J connectivity index is 1.22. The average Bonchev–Trinajstić information content (AvgIpc) is 3.44. The number of likely N-dealkylation sites (tertiary alicyclic amines) is 1. The van der Waals surface area contributed by atoms with E-state index in [2.05, 4.69) is 33.0 Å². The maximum absolute atomic E-state index is 9.85. The summed E-state index contributed by atoms with van der Waals surface area (Å²) in [5.74, 6) is 1.23. The topological polar surface area (TPSA) is 127 Å². The third kappa shape index (κ3) is 5.21. The molecule has 0 aromatic carbocycles. The van der Waals surface area contributed by atoms with Crippen LogP contribution in [-0.2, 0) is 11.2 Å². The number of aliphatic hydroxyl groups is 1. The predicted molar refractivity (Wildman–Crippen MR) is 148 cm³/mol. The Morgan fingerprint density at radius 2 is 1.74 bits per heavy atom. The van der Waals surface area contributed by atoms with E-state index in [-0.39, 0.29) is 6.10 Å². The minimum atomic E-state index is -0.0998. The molecular formula is C28H40N8O2. The molecule has 10 nitrogen and oxygen atoms in total. The molecule has 3 aromatic heterocycles. The molecule has 10 heteroatoms. The number of hydrogen-bond acceptors (Lipinski definition) is 9. The molecule has 0 unspecified atom stereocenters. The first-order valence-corrected chi connectivity index (χ1v) is 14.3. The zero-order valence-electron chi connectivity index (χ0n) is 22.3. The van der Waals surface area contributed by atoms with Crippen molar-refractivity contribution in [2.45, 2.75) is 88.9 Å². The highest BCUT2D eigenvalue weighted by Gasteiger charge is 2.29. The molecule has 3 aromatic rings. The van der Waals surface area contributed by atoms with Crippen LogP contribution in [0.15, 0.2) is 18.6 Å². The summed E-state index contributed by atoms with van der Waals surface area (Å²) in [4.78, 5) is 17.1. The number of aromatic nitrogens is 5. The van der Waals surface area contributed by atoms with Gasteiger partial charge in [-0.3, -0.25) is 4.68 Å². The summed E-state index contributed by atoms with van der Waals surface area (Å²) >= 11 is 0. The highest BCUT2D eigenvalue weighted by Crippen LogP contribution is 2.33. The minimum absolute atomic E-state index is 0.0998. The largest absolute Gasteiger partial charge is 0.393 e. The van der Waals surface area contributed by atoms with Crippen LogP contribution >= 0.6 is 0 Å². The summed E-state index contributed by atoms with van der Waals surface area (Å²) in [5.41, 5.74) is 10.5. The van der Waals surface area contributed by atoms with Crippen molar-refractivity contribution in [3.8, 4) is 11.1 Å². The molecule has 0 atom stereocenters. The number of aliphatic hydroxyl groups excluding tert-OH is 1. The van der Waals surface area contributed by atoms with Crippen molar-refractivity contribution in [2.75, 3.05) is 37.4 Å². The van der Waals surface area contributed by atoms with Crippen LogP contribution in [0.25, 0.3) is 22.2 Å². The highest BCUT2D eigenvalue weighted by atomic mass is 16.5. The van der Waals surface area contributed by atoms with E-state index in [1.165, 1.54) is 0 Å². The van der Waals surface area contributed by atoms with Gasteiger partial charge in [-0.15, -0.1) is 0 Å². The molecule has 204 valence electrons. The number of hydrogen-bond donors (Lipinski definition) is 3. The van der Waals surface area contributed by atoms with E-state index < -0.39 is 0 Å². The molecule has 0 bridgehead atoms. The van der Waals surface area contributed by atoms with Crippen LogP contribution in [0.3, 0.4) is 0 Å². The lowest BCUT2D eigenvalue weighted by molar-refractivity contribution is 0.0559. The molecule has 38 heavy (non-hydrogen) atoms. The van der Waals surface area contributed by atoms with E-state index in [0.29, 0.717) is 29.5 Å². The Kier molecular flexibility index (Phi) is 7.45. The van der Waals surface area contributed by atoms with Crippen molar-refractivity contribution in [1.82, 2.24) is 29.6 Å². The Morgan fingerprint density at radius 3 is 2.47 bits per heavy atom. The van der Waals surface area contributed by atoms with Crippen LogP contribution in [0.4, 0.5) is 11.6 Å². The third-order valence-electron chi connectivity index (χ3n) is 8.66. The monoisotopic (exact) mass is 520 g/mol. The molecule has 4 N–H and O–H groups in total. The molecule has 3 aliphatic rings. The Morgan fingerprint density at radius 1 is 0.974 bits per heavy atom. The molecule has 3 fully saturated rings. The van der Waals surface area contributed by atoms with Gasteiger partial charge in [0.2, 0.25) is 0 Å². The van der Waals surface area contributed by atoms with Crippen molar-refractivity contribution < 1.29 is 9.84 Å². The first-order valence-electron chi connectivity index (χ1n) is 14.3. The van der Waals surface area contributed by atoms with Gasteiger partial charge in [-0.05, 0) is 57.8 Å². The molecule has 5 heterocycles. The lowest BCUT2D eigenvalue weighted by Gasteiger charge is -2.40. The molecule has 2 aliphatic heterocycles. The maximum Gasteiger partial charge on any atom is 0.151 e. The summed E-state index contributed by atoms with van der Waals surface area (Å²) in [6.45, 7) is 5.79. The van der Waals surface area contributed by atoms with Crippen LogP contribution < -0.4 is 11.1 Å². The number of aryl methyl sites for hydroxylation is 1. The molecule has 0 spiro atoms. The normalized spacial score (nSPS) is 24.2. The second-order valence-electron chi connectivity index (χ2n) is 11.1. The van der Waals surface area contributed by atoms with Crippen molar-refractivity contribution in [3.63, 3.8) is 0 Å². The van der Waals surface area contributed by atoms with Crippen LogP contribution in [0.1, 0.15) is 70.0 Å². The Hall–Kier alpha value is -2.82. The van der Waals surface area contributed by atoms with Crippen molar-refractivity contribution in [3.05, 3.63) is 24.3 Å². The van der Waals surface area contributed by atoms with Gasteiger partial charge in [-0.25, -0.2) is 15.0 Å². The quantitative estimate of drug-likeness (QED) is 0.447. The van der Waals surface area contributed by atoms with E-state index in [9.17, 15) is 5.11 Å². The number of piperidine rings is 1. The van der Waals surface area contributed by atoms with Gasteiger partial charge in [0.25, 0.3) is 0 Å². The first kappa shape index (κ1) is 25.5. The maximum atomic E-state index is 9.85. The van der Waals surface area contributed by atoms with E-state index in [1.54, 1.807) is 6.20 Å². The lowest BCUT2D eigenvalue weighted by Crippen LogP contribution is -2.44. The van der Waals surface area contributed by atoms with Crippen LogP contribution in [0.2, 0.25) is 0 Å². The zero-order valence-corrected chi connectivity index (χ0v) is 22.3. The van der Waals surface area contributed by atoms with Gasteiger partial charge >= 0.3 is 0 Å². The SMILES string of the molecule is CCc1nc2c(N)ncc(-c3cnn(C4CCN(C5CCC(O)CC5)CC4)c3)c2nc1NC1CCOCC1. The van der Waals surface area contributed by atoms with Crippen LogP contribution in [0, 0.1) is 0 Å². The van der Waals surface area contributed by atoms with Gasteiger partial charge in [0.1, 0.15) is 16.9 Å². The number of nitrogens with one attached hydrogen (secondary N) is 1. The fraction of sp³-hybridized carbons (Fsp3) is 0.643. The van der Waals surface area contributed by atoms with Crippen LogP contribution in [-0.4, -0.2) is 79.2 Å².